The molecule has 0 bridgehead atoms. The van der Waals surface area contributed by atoms with Gasteiger partial charge in [0.25, 0.3) is 0 Å². The second kappa shape index (κ2) is 7.72. The van der Waals surface area contributed by atoms with Crippen LogP contribution < -0.4 is 14.9 Å². The summed E-state index contributed by atoms with van der Waals surface area (Å²) in [5.74, 6) is 1.23. The first kappa shape index (κ1) is 18.2. The van der Waals surface area contributed by atoms with E-state index in [1.807, 2.05) is 0 Å². The number of halogens is 1. The summed E-state index contributed by atoms with van der Waals surface area (Å²) in [5.41, 5.74) is 1.24. The summed E-state index contributed by atoms with van der Waals surface area (Å²) in [6.45, 7) is 2.86. The van der Waals surface area contributed by atoms with Gasteiger partial charge in [0.1, 0.15) is 10.7 Å². The lowest BCUT2D eigenvalue weighted by Gasteiger charge is -2.19. The minimum atomic E-state index is -3.44. The van der Waals surface area contributed by atoms with E-state index in [2.05, 4.69) is 60.1 Å². The Labute approximate surface area is 156 Å². The molecule has 8 heteroatoms. The SMILES string of the molecule is CNS(=O)(=O)c1ccc(NCC2CCN(c3ccc(Br)cc3)C2)nc1. The van der Waals surface area contributed by atoms with Gasteiger partial charge in [-0.05, 0) is 55.8 Å². The Hall–Kier alpha value is -1.64. The number of nitrogens with zero attached hydrogens (tertiary/aromatic N) is 2. The van der Waals surface area contributed by atoms with Crippen LogP contribution in [0.3, 0.4) is 0 Å². The van der Waals surface area contributed by atoms with Gasteiger partial charge < -0.3 is 10.2 Å². The average Bonchev–Trinajstić information content (AvgIpc) is 3.10. The molecule has 6 nitrogen and oxygen atoms in total. The molecular weight excluding hydrogens is 404 g/mol. The van der Waals surface area contributed by atoms with E-state index < -0.39 is 10.0 Å². The molecular formula is C17H21BrN4O2S. The predicted octanol–water partition coefficient (Wildman–Crippen LogP) is 2.69. The van der Waals surface area contributed by atoms with Gasteiger partial charge in [0.15, 0.2) is 0 Å². The van der Waals surface area contributed by atoms with E-state index in [9.17, 15) is 8.42 Å². The quantitative estimate of drug-likeness (QED) is 0.745. The number of nitrogens with one attached hydrogen (secondary N) is 2. The van der Waals surface area contributed by atoms with E-state index in [-0.39, 0.29) is 4.90 Å². The van der Waals surface area contributed by atoms with E-state index in [0.717, 1.165) is 30.5 Å². The van der Waals surface area contributed by atoms with Gasteiger partial charge in [0.2, 0.25) is 10.0 Å². The Morgan fingerprint density at radius 1 is 1.24 bits per heavy atom. The summed E-state index contributed by atoms with van der Waals surface area (Å²) >= 11 is 3.46. The van der Waals surface area contributed by atoms with Crippen molar-refractivity contribution < 1.29 is 8.42 Å². The second-order valence-electron chi connectivity index (χ2n) is 6.04. The highest BCUT2D eigenvalue weighted by molar-refractivity contribution is 9.10. The van der Waals surface area contributed by atoms with E-state index in [4.69, 9.17) is 0 Å². The molecule has 25 heavy (non-hydrogen) atoms. The maximum atomic E-state index is 11.7. The summed E-state index contributed by atoms with van der Waals surface area (Å²) in [6.07, 6.45) is 2.49. The molecule has 1 unspecified atom stereocenters. The number of rotatable bonds is 6. The predicted molar refractivity (Wildman–Crippen MR) is 103 cm³/mol. The first-order chi connectivity index (χ1) is 12.0. The molecule has 1 aromatic carbocycles. The van der Waals surface area contributed by atoms with Crippen molar-refractivity contribution in [3.8, 4) is 0 Å². The maximum absolute atomic E-state index is 11.7. The van der Waals surface area contributed by atoms with Crippen LogP contribution in [0.5, 0.6) is 0 Å². The van der Waals surface area contributed by atoms with Crippen LogP contribution in [0.25, 0.3) is 0 Å². The molecule has 0 radical (unpaired) electrons. The standard InChI is InChI=1S/C17H21BrN4O2S/c1-19-25(23,24)16-6-7-17(21-11-16)20-10-13-8-9-22(12-13)15-4-2-14(18)3-5-15/h2-7,11,13,19H,8-10,12H2,1H3,(H,20,21). The molecule has 2 aromatic rings. The van der Waals surface area contributed by atoms with Gasteiger partial charge in [0, 0.05) is 36.0 Å². The fourth-order valence-corrected chi connectivity index (χ4v) is 3.83. The number of hydrogen-bond acceptors (Lipinski definition) is 5. The Kier molecular flexibility index (Phi) is 5.61. The van der Waals surface area contributed by atoms with Crippen molar-refractivity contribution >= 4 is 37.5 Å². The summed E-state index contributed by atoms with van der Waals surface area (Å²) in [6, 6.07) is 11.6. The number of sulfonamides is 1. The highest BCUT2D eigenvalue weighted by Crippen LogP contribution is 2.25. The van der Waals surface area contributed by atoms with E-state index in [0.29, 0.717) is 11.7 Å². The lowest BCUT2D eigenvalue weighted by atomic mass is 10.1. The minimum Gasteiger partial charge on any atom is -0.371 e. The lowest BCUT2D eigenvalue weighted by Crippen LogP contribution is -2.22. The van der Waals surface area contributed by atoms with Crippen LogP contribution in [0.15, 0.2) is 52.0 Å². The summed E-state index contributed by atoms with van der Waals surface area (Å²) < 4.78 is 26.7. The van der Waals surface area contributed by atoms with Crippen molar-refractivity contribution in [1.82, 2.24) is 9.71 Å². The van der Waals surface area contributed by atoms with Crippen LogP contribution >= 0.6 is 15.9 Å². The van der Waals surface area contributed by atoms with E-state index in [1.54, 1.807) is 12.1 Å². The lowest BCUT2D eigenvalue weighted by molar-refractivity contribution is 0.588. The van der Waals surface area contributed by atoms with Gasteiger partial charge >= 0.3 is 0 Å². The Morgan fingerprint density at radius 2 is 2.00 bits per heavy atom. The Morgan fingerprint density at radius 3 is 2.64 bits per heavy atom. The van der Waals surface area contributed by atoms with Crippen molar-refractivity contribution in [3.63, 3.8) is 0 Å². The maximum Gasteiger partial charge on any atom is 0.241 e. The molecule has 0 saturated carbocycles. The summed E-state index contributed by atoms with van der Waals surface area (Å²) in [5, 5.41) is 3.30. The summed E-state index contributed by atoms with van der Waals surface area (Å²) in [4.78, 5) is 6.74. The average molecular weight is 425 g/mol. The molecule has 3 rings (SSSR count). The third-order valence-electron chi connectivity index (χ3n) is 4.36. The fraction of sp³-hybridized carbons (Fsp3) is 0.353. The van der Waals surface area contributed by atoms with Gasteiger partial charge in [-0.2, -0.15) is 0 Å². The van der Waals surface area contributed by atoms with E-state index >= 15 is 0 Å². The van der Waals surface area contributed by atoms with Crippen LogP contribution in [0, 0.1) is 5.92 Å². The van der Waals surface area contributed by atoms with Crippen molar-refractivity contribution in [1.29, 1.82) is 0 Å². The molecule has 1 saturated heterocycles. The number of anilines is 2. The van der Waals surface area contributed by atoms with Gasteiger partial charge in [-0.25, -0.2) is 18.1 Å². The van der Waals surface area contributed by atoms with Gasteiger partial charge in [0.05, 0.1) is 0 Å². The van der Waals surface area contributed by atoms with Gasteiger partial charge in [-0.15, -0.1) is 0 Å². The molecule has 1 aromatic heterocycles. The molecule has 0 aliphatic carbocycles. The van der Waals surface area contributed by atoms with Crippen molar-refractivity contribution in [3.05, 3.63) is 47.1 Å². The molecule has 0 spiro atoms. The number of pyridine rings is 1. The highest BCUT2D eigenvalue weighted by Gasteiger charge is 2.22. The van der Waals surface area contributed by atoms with Crippen LogP contribution in [0.2, 0.25) is 0 Å². The first-order valence-corrected chi connectivity index (χ1v) is 10.4. The monoisotopic (exact) mass is 424 g/mol. The fourth-order valence-electron chi connectivity index (χ4n) is 2.90. The zero-order valence-corrected chi connectivity index (χ0v) is 16.3. The summed E-state index contributed by atoms with van der Waals surface area (Å²) in [7, 11) is -2.05. The van der Waals surface area contributed by atoms with Crippen LogP contribution in [0.4, 0.5) is 11.5 Å². The third-order valence-corrected chi connectivity index (χ3v) is 6.29. The van der Waals surface area contributed by atoms with Crippen molar-refractivity contribution in [2.75, 3.05) is 36.9 Å². The molecule has 2 heterocycles. The molecule has 2 N–H and O–H groups in total. The van der Waals surface area contributed by atoms with Crippen molar-refractivity contribution in [2.24, 2.45) is 5.92 Å². The number of benzene rings is 1. The molecule has 1 atom stereocenters. The van der Waals surface area contributed by atoms with Crippen LogP contribution in [-0.4, -0.2) is 40.1 Å². The van der Waals surface area contributed by atoms with Gasteiger partial charge in [-0.1, -0.05) is 15.9 Å². The Bertz CT molecular complexity index is 810. The van der Waals surface area contributed by atoms with Gasteiger partial charge in [-0.3, -0.25) is 0 Å². The molecule has 134 valence electrons. The zero-order chi connectivity index (χ0) is 17.9. The molecule has 1 aliphatic heterocycles. The molecule has 1 aliphatic rings. The second-order valence-corrected chi connectivity index (χ2v) is 8.85. The molecule has 1 fully saturated rings. The Balaban J connectivity index is 1.53. The third kappa shape index (κ3) is 4.50. The smallest absolute Gasteiger partial charge is 0.241 e. The van der Waals surface area contributed by atoms with Crippen LogP contribution in [0.1, 0.15) is 6.42 Å². The minimum absolute atomic E-state index is 0.169. The van der Waals surface area contributed by atoms with E-state index in [1.165, 1.54) is 18.9 Å². The topological polar surface area (TPSA) is 74.3 Å². The normalized spacial score (nSPS) is 17.7. The molecule has 0 amide bonds. The number of aromatic nitrogens is 1. The number of hydrogen-bond donors (Lipinski definition) is 2. The van der Waals surface area contributed by atoms with Crippen LogP contribution in [-0.2, 0) is 10.0 Å². The van der Waals surface area contributed by atoms with Crippen molar-refractivity contribution in [2.45, 2.75) is 11.3 Å². The highest BCUT2D eigenvalue weighted by atomic mass is 79.9. The largest absolute Gasteiger partial charge is 0.371 e. The zero-order valence-electron chi connectivity index (χ0n) is 13.9. The first-order valence-electron chi connectivity index (χ1n) is 8.12.